The zero-order valence-electron chi connectivity index (χ0n) is 19.0. The summed E-state index contributed by atoms with van der Waals surface area (Å²) in [5, 5.41) is 0. The van der Waals surface area contributed by atoms with Crippen molar-refractivity contribution in [2.24, 2.45) is 0 Å². The molecular weight excluding hydrogens is 355 g/mol. The van der Waals surface area contributed by atoms with Gasteiger partial charge in [0.05, 0.1) is 0 Å². The second-order valence-corrected chi connectivity index (χ2v) is 20.0. The van der Waals surface area contributed by atoms with Gasteiger partial charge in [-0.2, -0.15) is 0 Å². The minimum atomic E-state index is -1.75. The first-order chi connectivity index (χ1) is 12.3. The van der Waals surface area contributed by atoms with E-state index in [1.807, 2.05) is 0 Å². The summed E-state index contributed by atoms with van der Waals surface area (Å²) < 4.78 is 0. The van der Waals surface area contributed by atoms with Gasteiger partial charge in [-0.3, -0.25) is 0 Å². The van der Waals surface area contributed by atoms with E-state index in [0.29, 0.717) is 0 Å². The first-order valence-electron chi connectivity index (χ1n) is 12.0. The zero-order valence-corrected chi connectivity index (χ0v) is 20.6. The van der Waals surface area contributed by atoms with Gasteiger partial charge in [0.2, 0.25) is 0 Å². The molecule has 0 aliphatic heterocycles. The van der Waals surface area contributed by atoms with E-state index in [4.69, 9.17) is 11.2 Å². The van der Waals surface area contributed by atoms with Gasteiger partial charge in [0.25, 0.3) is 0 Å². The molecule has 160 valence electrons. The number of hydrogen-bond donors (Lipinski definition) is 0. The van der Waals surface area contributed by atoms with E-state index in [9.17, 15) is 0 Å². The molecule has 0 rings (SSSR count). The Morgan fingerprint density at radius 3 is 0.885 bits per heavy atom. The fourth-order valence-electron chi connectivity index (χ4n) is 3.72. The number of halogens is 1. The number of hydrogen-bond acceptors (Lipinski definition) is 0. The Morgan fingerprint density at radius 1 is 0.423 bits per heavy atom. The van der Waals surface area contributed by atoms with Crippen molar-refractivity contribution in [3.05, 3.63) is 0 Å². The van der Waals surface area contributed by atoms with Crippen molar-refractivity contribution in [3.63, 3.8) is 0 Å². The van der Waals surface area contributed by atoms with E-state index < -0.39 is 5.96 Å². The third-order valence-electron chi connectivity index (χ3n) is 5.52. The van der Waals surface area contributed by atoms with Crippen molar-refractivity contribution < 1.29 is 0 Å². The average molecular weight is 407 g/mol. The van der Waals surface area contributed by atoms with Crippen molar-refractivity contribution in [2.45, 2.75) is 129 Å². The molecule has 0 aliphatic rings. The van der Waals surface area contributed by atoms with Crippen LogP contribution in [0.15, 0.2) is 0 Å². The fraction of sp³-hybridized carbons (Fsp3) is 1.00. The fourth-order valence-corrected chi connectivity index (χ4v) is 5.37. The Balaban J connectivity index is 3.07. The molecule has 26 heavy (non-hydrogen) atoms. The summed E-state index contributed by atoms with van der Waals surface area (Å²) in [5.74, 6) is -1.75. The van der Waals surface area contributed by atoms with Crippen LogP contribution in [0.2, 0.25) is 0 Å². The molecule has 0 atom stereocenters. The molecule has 0 radical (unpaired) electrons. The molecule has 2 heteroatoms. The maximum absolute atomic E-state index is 6.60. The maximum atomic E-state index is 6.60. The van der Waals surface area contributed by atoms with E-state index >= 15 is 0 Å². The molecule has 0 aromatic heterocycles. The summed E-state index contributed by atoms with van der Waals surface area (Å²) >= 11 is 6.60. The predicted molar refractivity (Wildman–Crippen MR) is 129 cm³/mol. The van der Waals surface area contributed by atoms with Gasteiger partial charge in [-0.05, 0) is 0 Å². The van der Waals surface area contributed by atoms with Crippen LogP contribution >= 0.6 is 17.2 Å². The average Bonchev–Trinajstić information content (AvgIpc) is 2.55. The zero-order chi connectivity index (χ0) is 19.6. The van der Waals surface area contributed by atoms with Crippen molar-refractivity contribution in [1.29, 1.82) is 0 Å². The van der Waals surface area contributed by atoms with Gasteiger partial charge >= 0.3 is 114 Å². The molecule has 0 saturated carbocycles. The van der Waals surface area contributed by atoms with E-state index in [1.54, 1.807) is 0 Å². The predicted octanol–water partition coefficient (Wildman–Crippen LogP) is 10.0. The van der Waals surface area contributed by atoms with Crippen LogP contribution in [-0.4, -0.2) is 26.2 Å². The molecule has 0 aromatic carbocycles. The van der Waals surface area contributed by atoms with Crippen LogP contribution in [0.1, 0.15) is 129 Å². The molecule has 0 aromatic rings. The SMILES string of the molecule is CCCCCCCCCCCCCCCCCCCCCP(C)(C)(C)Cl. The standard InChI is InChI=1S/C24H52ClP/c1-5-6-7-8-9-10-11-12-13-14-15-16-17-18-19-20-21-22-23-24-26(2,3,4)25/h5-24H2,1-4H3. The van der Waals surface area contributed by atoms with Gasteiger partial charge in [0.15, 0.2) is 0 Å². The van der Waals surface area contributed by atoms with Gasteiger partial charge in [-0.1, -0.05) is 58.3 Å². The van der Waals surface area contributed by atoms with Crippen molar-refractivity contribution >= 4 is 17.2 Å². The summed E-state index contributed by atoms with van der Waals surface area (Å²) in [6.07, 6.45) is 28.8. The van der Waals surface area contributed by atoms with Crippen LogP contribution in [0.25, 0.3) is 0 Å². The summed E-state index contributed by atoms with van der Waals surface area (Å²) in [4.78, 5) is 0. The van der Waals surface area contributed by atoms with Crippen LogP contribution < -0.4 is 0 Å². The molecule has 0 aliphatic carbocycles. The topological polar surface area (TPSA) is 0 Å². The van der Waals surface area contributed by atoms with E-state index in [-0.39, 0.29) is 0 Å². The second kappa shape index (κ2) is 16.7. The third-order valence-corrected chi connectivity index (χ3v) is 7.85. The van der Waals surface area contributed by atoms with Gasteiger partial charge in [0, 0.05) is 0 Å². The minimum absolute atomic E-state index is 1.26. The van der Waals surface area contributed by atoms with Gasteiger partial charge in [-0.25, -0.2) is 0 Å². The van der Waals surface area contributed by atoms with Crippen molar-refractivity contribution in [2.75, 3.05) is 26.2 Å². The van der Waals surface area contributed by atoms with Gasteiger partial charge < -0.3 is 0 Å². The summed E-state index contributed by atoms with van der Waals surface area (Å²) in [6.45, 7) is 9.14. The van der Waals surface area contributed by atoms with E-state index in [1.165, 1.54) is 128 Å². The summed E-state index contributed by atoms with van der Waals surface area (Å²) in [7, 11) is 0. The normalized spacial score (nSPS) is 13.7. The molecule has 0 heterocycles. The van der Waals surface area contributed by atoms with Crippen LogP contribution in [0, 0.1) is 0 Å². The molecule has 0 nitrogen and oxygen atoms in total. The number of unbranched alkanes of at least 4 members (excludes halogenated alkanes) is 18. The first-order valence-corrected chi connectivity index (χ1v) is 16.7. The van der Waals surface area contributed by atoms with Crippen LogP contribution in [0.5, 0.6) is 0 Å². The second-order valence-electron chi connectivity index (χ2n) is 10.0. The molecule has 0 unspecified atom stereocenters. The van der Waals surface area contributed by atoms with Gasteiger partial charge in [-0.15, -0.1) is 0 Å². The van der Waals surface area contributed by atoms with Crippen molar-refractivity contribution in [3.8, 4) is 0 Å². The Hall–Kier alpha value is 0.720. The van der Waals surface area contributed by atoms with Gasteiger partial charge in [0.1, 0.15) is 0 Å². The molecule has 0 N–H and O–H groups in total. The van der Waals surface area contributed by atoms with E-state index in [0.717, 1.165) is 0 Å². The van der Waals surface area contributed by atoms with Crippen LogP contribution in [0.3, 0.4) is 0 Å². The molecular formula is C24H52ClP. The monoisotopic (exact) mass is 406 g/mol. The molecule has 0 amide bonds. The summed E-state index contributed by atoms with van der Waals surface area (Å²) in [6, 6.07) is 0. The molecule has 0 fully saturated rings. The van der Waals surface area contributed by atoms with Crippen molar-refractivity contribution in [1.82, 2.24) is 0 Å². The summed E-state index contributed by atoms with van der Waals surface area (Å²) in [5.41, 5.74) is 0. The quantitative estimate of drug-likeness (QED) is 0.139. The first kappa shape index (κ1) is 26.7. The van der Waals surface area contributed by atoms with Crippen LogP contribution in [0.4, 0.5) is 0 Å². The Morgan fingerprint density at radius 2 is 0.654 bits per heavy atom. The Kier molecular flexibility index (Phi) is 17.1. The van der Waals surface area contributed by atoms with E-state index in [2.05, 4.69) is 26.9 Å². The van der Waals surface area contributed by atoms with Crippen LogP contribution in [-0.2, 0) is 0 Å². The molecule has 0 bridgehead atoms. The number of rotatable bonds is 20. The molecule has 0 spiro atoms. The Labute approximate surface area is 172 Å². The third kappa shape index (κ3) is 24.7. The Bertz CT molecular complexity index is 283. The molecule has 0 saturated heterocycles.